The molecule has 1 aliphatic rings. The van der Waals surface area contributed by atoms with Gasteiger partial charge >= 0.3 is 6.18 Å². The minimum Gasteiger partial charge on any atom is -0.493 e. The van der Waals surface area contributed by atoms with Gasteiger partial charge in [-0.1, -0.05) is 6.07 Å². The van der Waals surface area contributed by atoms with Gasteiger partial charge in [0.1, 0.15) is 29.2 Å². The number of fused-ring (bicyclic) bond motifs is 2. The molecular formula is C21H20F4N4O2. The van der Waals surface area contributed by atoms with Crippen molar-refractivity contribution >= 4 is 23.1 Å². The number of aromatic nitrogens is 3. The molecule has 10 heteroatoms. The van der Waals surface area contributed by atoms with Crippen LogP contribution in [0.1, 0.15) is 30.0 Å². The van der Waals surface area contributed by atoms with E-state index in [1.54, 1.807) is 19.4 Å². The van der Waals surface area contributed by atoms with Crippen LogP contribution in [0, 0.1) is 11.7 Å². The van der Waals surface area contributed by atoms with Crippen LogP contribution < -0.4 is 4.74 Å². The van der Waals surface area contributed by atoms with E-state index in [1.165, 1.54) is 12.1 Å². The monoisotopic (exact) mass is 436 g/mol. The first kappa shape index (κ1) is 21.2. The number of methoxy groups -OCH3 is 1. The predicted molar refractivity (Wildman–Crippen MR) is 106 cm³/mol. The molecule has 1 aromatic carbocycles. The molecule has 0 radical (unpaired) electrons. The third kappa shape index (κ3) is 4.53. The van der Waals surface area contributed by atoms with Crippen molar-refractivity contribution in [1.82, 2.24) is 15.0 Å². The van der Waals surface area contributed by atoms with Gasteiger partial charge < -0.3 is 14.5 Å². The van der Waals surface area contributed by atoms with Crippen LogP contribution in [-0.4, -0.2) is 41.5 Å². The van der Waals surface area contributed by atoms with Crippen LogP contribution in [0.4, 0.5) is 23.4 Å². The Labute approximate surface area is 175 Å². The number of hydrogen-bond donors (Lipinski definition) is 1. The van der Waals surface area contributed by atoms with E-state index >= 15 is 0 Å². The number of aromatic amines is 1. The van der Waals surface area contributed by atoms with Gasteiger partial charge in [0.25, 0.3) is 0 Å². The number of nitrogens with zero attached hydrogens (tertiary/aromatic N) is 3. The highest BCUT2D eigenvalue weighted by molar-refractivity contribution is 5.88. The Morgan fingerprint density at radius 1 is 1.29 bits per heavy atom. The van der Waals surface area contributed by atoms with Crippen LogP contribution >= 0.6 is 0 Å². The van der Waals surface area contributed by atoms with Gasteiger partial charge in [0.05, 0.1) is 12.0 Å². The Morgan fingerprint density at radius 3 is 2.90 bits per heavy atom. The molecule has 0 saturated heterocycles. The highest BCUT2D eigenvalue weighted by atomic mass is 19.4. The zero-order valence-electron chi connectivity index (χ0n) is 16.6. The van der Waals surface area contributed by atoms with Gasteiger partial charge in [-0.2, -0.15) is 13.2 Å². The van der Waals surface area contributed by atoms with Crippen LogP contribution in [0.5, 0.6) is 5.75 Å². The number of aliphatic imine (C=N–C) groups is 1. The lowest BCUT2D eigenvalue weighted by Crippen LogP contribution is -2.27. The Bertz CT molecular complexity index is 1100. The summed E-state index contributed by atoms with van der Waals surface area (Å²) in [6.45, 7) is 0.963. The van der Waals surface area contributed by atoms with Crippen molar-refractivity contribution in [3.05, 3.63) is 47.7 Å². The van der Waals surface area contributed by atoms with Crippen molar-refractivity contribution in [3.63, 3.8) is 0 Å². The van der Waals surface area contributed by atoms with Crippen LogP contribution in [-0.2, 0) is 10.9 Å². The standard InChI is InChI=1S/C21H20F4N4O2/c1-30-6-2-3-12-10-31-17-7-13(22)4-5-14(17)16(12)9-26-19-15-8-18(21(23,24)25)29-20(15)28-11-27-19/h4-5,7-9,11-12,16H,2-3,6,10H2,1H3,(H,27,28,29)/t12-,16?/m0/s1. The zero-order chi connectivity index (χ0) is 22.0. The molecule has 3 aromatic rings. The molecule has 0 saturated carbocycles. The van der Waals surface area contributed by atoms with Crippen molar-refractivity contribution in [1.29, 1.82) is 0 Å². The van der Waals surface area contributed by atoms with E-state index < -0.39 is 17.7 Å². The molecule has 6 nitrogen and oxygen atoms in total. The quantitative estimate of drug-likeness (QED) is 0.334. The SMILES string of the molecule is COCCC[C@H]1COc2cc(F)ccc2C1C=Nc1ncnc2[nH]c(C(F)(F)F)cc12. The van der Waals surface area contributed by atoms with Gasteiger partial charge in [0.15, 0.2) is 5.82 Å². The molecule has 1 N–H and O–H groups in total. The number of rotatable bonds is 6. The van der Waals surface area contributed by atoms with Crippen molar-refractivity contribution in [3.8, 4) is 5.75 Å². The lowest BCUT2D eigenvalue weighted by molar-refractivity contribution is -0.140. The maximum atomic E-state index is 13.6. The van der Waals surface area contributed by atoms with Crippen LogP contribution in [0.3, 0.4) is 0 Å². The third-order valence-electron chi connectivity index (χ3n) is 5.29. The largest absolute Gasteiger partial charge is 0.493 e. The number of hydrogen-bond acceptors (Lipinski definition) is 5. The summed E-state index contributed by atoms with van der Waals surface area (Å²) in [7, 11) is 1.63. The Morgan fingerprint density at radius 2 is 2.13 bits per heavy atom. The second-order valence-corrected chi connectivity index (χ2v) is 7.33. The molecule has 1 unspecified atom stereocenters. The summed E-state index contributed by atoms with van der Waals surface area (Å²) in [4.78, 5) is 14.6. The summed E-state index contributed by atoms with van der Waals surface area (Å²) in [5.41, 5.74) is -0.0847. The molecule has 2 atom stereocenters. The van der Waals surface area contributed by atoms with E-state index in [0.717, 1.165) is 30.8 Å². The lowest BCUT2D eigenvalue weighted by Gasteiger charge is -2.31. The molecule has 0 bridgehead atoms. The molecule has 0 amide bonds. The molecule has 3 heterocycles. The third-order valence-corrected chi connectivity index (χ3v) is 5.29. The molecule has 4 rings (SSSR count). The Kier molecular flexibility index (Phi) is 5.90. The number of nitrogens with one attached hydrogen (secondary N) is 1. The lowest BCUT2D eigenvalue weighted by atomic mass is 9.82. The fourth-order valence-electron chi connectivity index (χ4n) is 3.75. The molecule has 0 fully saturated rings. The van der Waals surface area contributed by atoms with Crippen molar-refractivity contribution in [2.75, 3.05) is 20.3 Å². The molecule has 164 valence electrons. The van der Waals surface area contributed by atoms with Crippen molar-refractivity contribution in [2.45, 2.75) is 24.9 Å². The number of benzene rings is 1. The van der Waals surface area contributed by atoms with Gasteiger partial charge in [-0.15, -0.1) is 0 Å². The van der Waals surface area contributed by atoms with Gasteiger partial charge in [0, 0.05) is 43.4 Å². The molecule has 2 aromatic heterocycles. The topological polar surface area (TPSA) is 72.4 Å². The highest BCUT2D eigenvalue weighted by Crippen LogP contribution is 2.39. The van der Waals surface area contributed by atoms with Gasteiger partial charge in [-0.05, 0) is 25.0 Å². The first-order valence-electron chi connectivity index (χ1n) is 9.73. The van der Waals surface area contributed by atoms with E-state index in [9.17, 15) is 17.6 Å². The summed E-state index contributed by atoms with van der Waals surface area (Å²) in [6.07, 6.45) is -0.134. The Hall–Kier alpha value is -3.01. The molecule has 0 aliphatic carbocycles. The van der Waals surface area contributed by atoms with E-state index in [-0.39, 0.29) is 28.7 Å². The second-order valence-electron chi connectivity index (χ2n) is 7.33. The van der Waals surface area contributed by atoms with Crippen molar-refractivity contribution < 1.29 is 27.0 Å². The smallest absolute Gasteiger partial charge is 0.431 e. The van der Waals surface area contributed by atoms with E-state index in [0.29, 0.717) is 19.0 Å². The minimum absolute atomic E-state index is 0.0474. The summed E-state index contributed by atoms with van der Waals surface area (Å²) in [5, 5.41) is 0.174. The minimum atomic E-state index is -4.53. The maximum Gasteiger partial charge on any atom is 0.431 e. The normalized spacial score (nSPS) is 19.0. The van der Waals surface area contributed by atoms with Crippen LogP contribution in [0.25, 0.3) is 11.0 Å². The fourth-order valence-corrected chi connectivity index (χ4v) is 3.75. The fraction of sp³-hybridized carbons (Fsp3) is 0.381. The molecule has 31 heavy (non-hydrogen) atoms. The van der Waals surface area contributed by atoms with E-state index in [4.69, 9.17) is 9.47 Å². The van der Waals surface area contributed by atoms with E-state index in [2.05, 4.69) is 19.9 Å². The van der Waals surface area contributed by atoms with Crippen molar-refractivity contribution in [2.24, 2.45) is 10.9 Å². The first-order valence-corrected chi connectivity index (χ1v) is 9.73. The molecular weight excluding hydrogens is 416 g/mol. The zero-order valence-corrected chi connectivity index (χ0v) is 16.6. The summed E-state index contributed by atoms with van der Waals surface area (Å²) in [5.74, 6) is -0.00833. The average molecular weight is 436 g/mol. The molecule has 1 aliphatic heterocycles. The Balaban J connectivity index is 1.69. The maximum absolute atomic E-state index is 13.6. The summed E-state index contributed by atoms with van der Waals surface area (Å²) < 4.78 is 63.7. The van der Waals surface area contributed by atoms with Crippen LogP contribution in [0.2, 0.25) is 0 Å². The van der Waals surface area contributed by atoms with Gasteiger partial charge in [-0.3, -0.25) is 0 Å². The van der Waals surface area contributed by atoms with Gasteiger partial charge in [0.2, 0.25) is 0 Å². The number of halogens is 4. The highest BCUT2D eigenvalue weighted by Gasteiger charge is 2.33. The predicted octanol–water partition coefficient (Wildman–Crippen LogP) is 5.04. The van der Waals surface area contributed by atoms with E-state index in [1.807, 2.05) is 0 Å². The van der Waals surface area contributed by atoms with Gasteiger partial charge in [-0.25, -0.2) is 19.4 Å². The molecule has 0 spiro atoms. The van der Waals surface area contributed by atoms with Crippen LogP contribution in [0.15, 0.2) is 35.6 Å². The summed E-state index contributed by atoms with van der Waals surface area (Å²) in [6, 6.07) is 5.28. The number of alkyl halides is 3. The number of H-pyrrole nitrogens is 1. The number of ether oxygens (including phenoxy) is 2. The summed E-state index contributed by atoms with van der Waals surface area (Å²) >= 11 is 0. The first-order chi connectivity index (χ1) is 14.9. The average Bonchev–Trinajstić information content (AvgIpc) is 3.18. The second kappa shape index (κ2) is 8.62.